The van der Waals surface area contributed by atoms with Crippen LogP contribution < -0.4 is 5.73 Å². The highest BCUT2D eigenvalue weighted by Gasteiger charge is 2.03. The lowest BCUT2D eigenvalue weighted by Crippen LogP contribution is -1.91. The maximum absolute atomic E-state index is 5.65. The van der Waals surface area contributed by atoms with Gasteiger partial charge in [-0.1, -0.05) is 0 Å². The van der Waals surface area contributed by atoms with Gasteiger partial charge in [0.15, 0.2) is 0 Å². The van der Waals surface area contributed by atoms with Gasteiger partial charge >= 0.3 is 0 Å². The van der Waals surface area contributed by atoms with Crippen molar-refractivity contribution in [1.82, 2.24) is 9.97 Å². The standard InChI is InChI=1S/C7H7N3S/c1-4-5(8)2-9-7-6(4)10-3-11-7/h2-3H,8H2,1H3. The molecule has 0 unspecified atom stereocenters. The van der Waals surface area contributed by atoms with Crippen LogP contribution in [-0.2, 0) is 0 Å². The maximum atomic E-state index is 5.65. The Kier molecular flexibility index (Phi) is 1.29. The van der Waals surface area contributed by atoms with Crippen molar-refractivity contribution in [3.05, 3.63) is 17.3 Å². The van der Waals surface area contributed by atoms with E-state index in [1.807, 2.05) is 6.92 Å². The number of nitrogen functional groups attached to an aromatic ring is 1. The summed E-state index contributed by atoms with van der Waals surface area (Å²) in [6, 6.07) is 0. The molecular formula is C7H7N3S. The molecule has 0 aliphatic rings. The summed E-state index contributed by atoms with van der Waals surface area (Å²) in [7, 11) is 0. The van der Waals surface area contributed by atoms with Crippen LogP contribution in [0.2, 0.25) is 0 Å². The molecule has 3 nitrogen and oxygen atoms in total. The minimum absolute atomic E-state index is 0.711. The molecule has 11 heavy (non-hydrogen) atoms. The van der Waals surface area contributed by atoms with Crippen LogP contribution in [0, 0.1) is 6.92 Å². The number of aryl methyl sites for hydroxylation is 1. The van der Waals surface area contributed by atoms with Gasteiger partial charge in [-0.25, -0.2) is 9.97 Å². The lowest BCUT2D eigenvalue weighted by atomic mass is 10.2. The number of nitrogens with zero attached hydrogens (tertiary/aromatic N) is 2. The third kappa shape index (κ3) is 0.867. The van der Waals surface area contributed by atoms with Crippen molar-refractivity contribution < 1.29 is 0 Å². The number of pyridine rings is 1. The molecule has 0 fully saturated rings. The molecule has 0 amide bonds. The van der Waals surface area contributed by atoms with Crippen molar-refractivity contribution >= 4 is 27.4 Å². The van der Waals surface area contributed by atoms with Gasteiger partial charge in [0.05, 0.1) is 17.4 Å². The summed E-state index contributed by atoms with van der Waals surface area (Å²) in [6.07, 6.45) is 1.68. The summed E-state index contributed by atoms with van der Waals surface area (Å²) in [4.78, 5) is 9.24. The molecule has 2 N–H and O–H groups in total. The topological polar surface area (TPSA) is 51.8 Å². The van der Waals surface area contributed by atoms with Gasteiger partial charge in [-0.05, 0) is 6.92 Å². The Hall–Kier alpha value is -1.16. The highest BCUT2D eigenvalue weighted by atomic mass is 32.1. The molecule has 2 aromatic heterocycles. The van der Waals surface area contributed by atoms with Gasteiger partial charge in [-0.15, -0.1) is 11.3 Å². The van der Waals surface area contributed by atoms with Crippen LogP contribution in [0.5, 0.6) is 0 Å². The highest BCUT2D eigenvalue weighted by molar-refractivity contribution is 7.16. The summed E-state index contributed by atoms with van der Waals surface area (Å²) in [5, 5.41) is 0. The zero-order chi connectivity index (χ0) is 7.84. The Morgan fingerprint density at radius 1 is 1.45 bits per heavy atom. The van der Waals surface area contributed by atoms with Crippen LogP contribution >= 0.6 is 11.3 Å². The van der Waals surface area contributed by atoms with E-state index in [9.17, 15) is 0 Å². The van der Waals surface area contributed by atoms with E-state index in [0.717, 1.165) is 15.9 Å². The lowest BCUT2D eigenvalue weighted by Gasteiger charge is -1.97. The number of hydrogen-bond donors (Lipinski definition) is 1. The predicted octanol–water partition coefficient (Wildman–Crippen LogP) is 1.58. The molecule has 2 heterocycles. The summed E-state index contributed by atoms with van der Waals surface area (Å²) in [6.45, 7) is 1.96. The van der Waals surface area contributed by atoms with Gasteiger partial charge in [0.1, 0.15) is 10.3 Å². The van der Waals surface area contributed by atoms with Crippen LogP contribution in [0.1, 0.15) is 5.56 Å². The third-order valence-electron chi connectivity index (χ3n) is 1.66. The van der Waals surface area contributed by atoms with Crippen LogP contribution in [0.3, 0.4) is 0 Å². The highest BCUT2D eigenvalue weighted by Crippen LogP contribution is 2.21. The average Bonchev–Trinajstić information content (AvgIpc) is 2.45. The van der Waals surface area contributed by atoms with Gasteiger partial charge in [-0.2, -0.15) is 0 Å². The Balaban J connectivity index is 2.93. The van der Waals surface area contributed by atoms with E-state index in [0.29, 0.717) is 5.69 Å². The Morgan fingerprint density at radius 3 is 3.09 bits per heavy atom. The van der Waals surface area contributed by atoms with Crippen molar-refractivity contribution in [2.75, 3.05) is 5.73 Å². The summed E-state index contributed by atoms with van der Waals surface area (Å²) >= 11 is 1.53. The maximum Gasteiger partial charge on any atom is 0.143 e. The van der Waals surface area contributed by atoms with Gasteiger partial charge < -0.3 is 5.73 Å². The Labute approximate surface area is 67.9 Å². The first-order chi connectivity index (χ1) is 5.29. The zero-order valence-corrected chi connectivity index (χ0v) is 6.85. The summed E-state index contributed by atoms with van der Waals surface area (Å²) in [5.41, 5.74) is 10.1. The molecule has 2 rings (SSSR count). The van der Waals surface area contributed by atoms with E-state index in [-0.39, 0.29) is 0 Å². The number of anilines is 1. The molecule has 0 atom stereocenters. The predicted molar refractivity (Wildman–Crippen MR) is 46.6 cm³/mol. The number of hydrogen-bond acceptors (Lipinski definition) is 4. The second kappa shape index (κ2) is 2.17. The summed E-state index contributed by atoms with van der Waals surface area (Å²) in [5.74, 6) is 0. The number of aromatic nitrogens is 2. The Bertz CT molecular complexity index is 393. The molecule has 0 bridgehead atoms. The van der Waals surface area contributed by atoms with Crippen molar-refractivity contribution in [2.24, 2.45) is 0 Å². The van der Waals surface area contributed by atoms with Crippen molar-refractivity contribution in [1.29, 1.82) is 0 Å². The number of rotatable bonds is 0. The minimum Gasteiger partial charge on any atom is -0.397 e. The molecule has 0 saturated heterocycles. The monoisotopic (exact) mass is 165 g/mol. The van der Waals surface area contributed by atoms with Crippen LogP contribution in [0.4, 0.5) is 5.69 Å². The van der Waals surface area contributed by atoms with E-state index >= 15 is 0 Å². The van der Waals surface area contributed by atoms with Crippen molar-refractivity contribution in [3.63, 3.8) is 0 Å². The molecule has 2 aromatic rings. The van der Waals surface area contributed by atoms with Gasteiger partial charge in [0.25, 0.3) is 0 Å². The van der Waals surface area contributed by atoms with E-state index < -0.39 is 0 Å². The molecule has 4 heteroatoms. The Morgan fingerprint density at radius 2 is 2.27 bits per heavy atom. The zero-order valence-electron chi connectivity index (χ0n) is 6.03. The smallest absolute Gasteiger partial charge is 0.143 e. The molecule has 0 aliphatic carbocycles. The van der Waals surface area contributed by atoms with E-state index in [2.05, 4.69) is 9.97 Å². The number of thiazole rings is 1. The quantitative estimate of drug-likeness (QED) is 0.644. The van der Waals surface area contributed by atoms with Crippen LogP contribution in [0.25, 0.3) is 10.3 Å². The number of nitrogens with two attached hydrogens (primary N) is 1. The van der Waals surface area contributed by atoms with E-state index in [1.54, 1.807) is 11.7 Å². The first-order valence-electron chi connectivity index (χ1n) is 3.23. The molecule has 0 spiro atoms. The van der Waals surface area contributed by atoms with Crippen molar-refractivity contribution in [3.8, 4) is 0 Å². The fourth-order valence-corrected chi connectivity index (χ4v) is 1.64. The molecule has 0 aromatic carbocycles. The minimum atomic E-state index is 0.711. The molecule has 0 aliphatic heterocycles. The van der Waals surface area contributed by atoms with Gasteiger partial charge in [-0.3, -0.25) is 0 Å². The van der Waals surface area contributed by atoms with Crippen LogP contribution in [0.15, 0.2) is 11.7 Å². The second-order valence-electron chi connectivity index (χ2n) is 2.34. The third-order valence-corrected chi connectivity index (χ3v) is 2.39. The summed E-state index contributed by atoms with van der Waals surface area (Å²) < 4.78 is 0. The fourth-order valence-electron chi connectivity index (χ4n) is 0.951. The van der Waals surface area contributed by atoms with Gasteiger partial charge in [0.2, 0.25) is 0 Å². The average molecular weight is 165 g/mol. The molecule has 0 radical (unpaired) electrons. The SMILES string of the molecule is Cc1c(N)cnc2scnc12. The molecule has 56 valence electrons. The molecule has 0 saturated carbocycles. The lowest BCUT2D eigenvalue weighted by molar-refractivity contribution is 1.35. The number of fused-ring (bicyclic) bond motifs is 1. The van der Waals surface area contributed by atoms with Crippen molar-refractivity contribution in [2.45, 2.75) is 6.92 Å². The van der Waals surface area contributed by atoms with Gasteiger partial charge in [0, 0.05) is 5.56 Å². The fraction of sp³-hybridized carbons (Fsp3) is 0.143. The largest absolute Gasteiger partial charge is 0.397 e. The van der Waals surface area contributed by atoms with Crippen LogP contribution in [-0.4, -0.2) is 9.97 Å². The second-order valence-corrected chi connectivity index (χ2v) is 3.18. The van der Waals surface area contributed by atoms with E-state index in [4.69, 9.17) is 5.73 Å². The molecular weight excluding hydrogens is 158 g/mol. The normalized spacial score (nSPS) is 10.6. The first-order valence-corrected chi connectivity index (χ1v) is 4.11. The first kappa shape index (κ1) is 6.54. The van der Waals surface area contributed by atoms with E-state index in [1.165, 1.54) is 11.3 Å².